The molecule has 0 aliphatic heterocycles. The average molecular weight is 241 g/mol. The summed E-state index contributed by atoms with van der Waals surface area (Å²) in [6, 6.07) is 0. The van der Waals surface area contributed by atoms with E-state index < -0.39 is 11.8 Å². The topological polar surface area (TPSA) is 128 Å². The van der Waals surface area contributed by atoms with Crippen molar-refractivity contribution in [3.8, 4) is 0 Å². The molecule has 17 heavy (non-hydrogen) atoms. The van der Waals surface area contributed by atoms with Crippen molar-refractivity contribution in [2.75, 3.05) is 18.8 Å². The SMILES string of the molecule is CCCCN(CC(N)=O)C(=O)c1nonc1N. The van der Waals surface area contributed by atoms with E-state index in [9.17, 15) is 9.59 Å². The second kappa shape index (κ2) is 5.83. The molecule has 2 amide bonds. The Kier molecular flexibility index (Phi) is 4.44. The lowest BCUT2D eigenvalue weighted by molar-refractivity contribution is -0.118. The van der Waals surface area contributed by atoms with Gasteiger partial charge >= 0.3 is 0 Å². The van der Waals surface area contributed by atoms with Gasteiger partial charge in [-0.05, 0) is 16.7 Å². The summed E-state index contributed by atoms with van der Waals surface area (Å²) in [5, 5.41) is 6.71. The first-order valence-electron chi connectivity index (χ1n) is 5.21. The van der Waals surface area contributed by atoms with E-state index in [2.05, 4.69) is 14.9 Å². The number of carbonyl (C=O) groups excluding carboxylic acids is 2. The third-order valence-electron chi connectivity index (χ3n) is 2.13. The molecule has 4 N–H and O–H groups in total. The Balaban J connectivity index is 2.78. The van der Waals surface area contributed by atoms with Crippen LogP contribution >= 0.6 is 0 Å². The second-order valence-corrected chi connectivity index (χ2v) is 3.54. The van der Waals surface area contributed by atoms with Crippen LogP contribution in [0.25, 0.3) is 0 Å². The molecule has 0 spiro atoms. The van der Waals surface area contributed by atoms with Crippen molar-refractivity contribution in [2.24, 2.45) is 5.73 Å². The van der Waals surface area contributed by atoms with Gasteiger partial charge in [0.05, 0.1) is 6.54 Å². The van der Waals surface area contributed by atoms with Gasteiger partial charge in [-0.1, -0.05) is 13.3 Å². The standard InChI is InChI=1S/C9H15N5O3/c1-2-3-4-14(5-6(10)15)9(16)7-8(11)13-17-12-7/h2-5H2,1H3,(H2,10,15)(H2,11,13). The Morgan fingerprint density at radius 1 is 1.41 bits per heavy atom. The summed E-state index contributed by atoms with van der Waals surface area (Å²) < 4.78 is 4.34. The molecule has 94 valence electrons. The minimum absolute atomic E-state index is 0.0950. The van der Waals surface area contributed by atoms with Crippen LogP contribution in [0.5, 0.6) is 0 Å². The lowest BCUT2D eigenvalue weighted by atomic mass is 10.3. The highest BCUT2D eigenvalue weighted by Gasteiger charge is 2.23. The zero-order chi connectivity index (χ0) is 12.8. The first kappa shape index (κ1) is 12.9. The van der Waals surface area contributed by atoms with Crippen LogP contribution in [0.4, 0.5) is 5.82 Å². The van der Waals surface area contributed by atoms with Gasteiger partial charge < -0.3 is 16.4 Å². The van der Waals surface area contributed by atoms with Crippen LogP contribution in [-0.2, 0) is 4.79 Å². The fraction of sp³-hybridized carbons (Fsp3) is 0.556. The summed E-state index contributed by atoms with van der Waals surface area (Å²) in [7, 11) is 0. The van der Waals surface area contributed by atoms with Crippen LogP contribution in [0.15, 0.2) is 4.63 Å². The number of nitrogen functional groups attached to an aromatic ring is 1. The Labute approximate surface area is 97.9 Å². The van der Waals surface area contributed by atoms with Crippen molar-refractivity contribution >= 4 is 17.6 Å². The first-order chi connectivity index (χ1) is 8.06. The number of carbonyl (C=O) groups is 2. The molecular weight excluding hydrogens is 226 g/mol. The van der Waals surface area contributed by atoms with Gasteiger partial charge in [-0.3, -0.25) is 9.59 Å². The van der Waals surface area contributed by atoms with Crippen molar-refractivity contribution < 1.29 is 14.2 Å². The number of primary amides is 1. The van der Waals surface area contributed by atoms with Crippen molar-refractivity contribution in [3.05, 3.63) is 5.69 Å². The number of unbranched alkanes of at least 4 members (excludes halogenated alkanes) is 1. The molecular formula is C9H15N5O3. The maximum Gasteiger partial charge on any atom is 0.280 e. The summed E-state index contributed by atoms with van der Waals surface area (Å²) in [6.45, 7) is 2.20. The highest BCUT2D eigenvalue weighted by molar-refractivity contribution is 5.97. The second-order valence-electron chi connectivity index (χ2n) is 3.54. The molecule has 0 atom stereocenters. The molecule has 0 unspecified atom stereocenters. The average Bonchev–Trinajstić information content (AvgIpc) is 2.69. The molecule has 0 saturated carbocycles. The zero-order valence-electron chi connectivity index (χ0n) is 9.55. The fourth-order valence-corrected chi connectivity index (χ4v) is 1.28. The Morgan fingerprint density at radius 3 is 2.59 bits per heavy atom. The minimum atomic E-state index is -0.593. The minimum Gasteiger partial charge on any atom is -0.379 e. The number of anilines is 1. The van der Waals surface area contributed by atoms with Gasteiger partial charge in [0.1, 0.15) is 0 Å². The quantitative estimate of drug-likeness (QED) is 0.682. The number of hydrogen-bond acceptors (Lipinski definition) is 6. The third kappa shape index (κ3) is 3.44. The van der Waals surface area contributed by atoms with Gasteiger partial charge in [-0.15, -0.1) is 0 Å². The number of nitrogens with two attached hydrogens (primary N) is 2. The largest absolute Gasteiger partial charge is 0.379 e. The predicted octanol–water partition coefficient (Wildman–Crippen LogP) is -0.621. The molecule has 0 aromatic carbocycles. The van der Waals surface area contributed by atoms with E-state index in [4.69, 9.17) is 11.5 Å². The van der Waals surface area contributed by atoms with E-state index >= 15 is 0 Å². The molecule has 0 radical (unpaired) electrons. The van der Waals surface area contributed by atoms with E-state index in [0.717, 1.165) is 12.8 Å². The number of amides is 2. The molecule has 0 aliphatic carbocycles. The Morgan fingerprint density at radius 2 is 2.12 bits per heavy atom. The van der Waals surface area contributed by atoms with Gasteiger partial charge in [0.15, 0.2) is 0 Å². The maximum atomic E-state index is 11.9. The lowest BCUT2D eigenvalue weighted by Gasteiger charge is -2.19. The number of rotatable bonds is 6. The highest BCUT2D eigenvalue weighted by Crippen LogP contribution is 2.09. The van der Waals surface area contributed by atoms with Crippen LogP contribution < -0.4 is 11.5 Å². The van der Waals surface area contributed by atoms with E-state index in [1.807, 2.05) is 6.92 Å². The van der Waals surface area contributed by atoms with Crippen LogP contribution in [0.3, 0.4) is 0 Å². The molecule has 0 aliphatic rings. The summed E-state index contributed by atoms with van der Waals surface area (Å²) >= 11 is 0. The summed E-state index contributed by atoms with van der Waals surface area (Å²) in [4.78, 5) is 24.1. The molecule has 0 saturated heterocycles. The molecule has 8 nitrogen and oxygen atoms in total. The van der Waals surface area contributed by atoms with E-state index in [0.29, 0.717) is 6.54 Å². The van der Waals surface area contributed by atoms with Crippen molar-refractivity contribution in [1.82, 2.24) is 15.2 Å². The van der Waals surface area contributed by atoms with Gasteiger partial charge in [0.25, 0.3) is 5.91 Å². The van der Waals surface area contributed by atoms with E-state index in [1.165, 1.54) is 4.90 Å². The van der Waals surface area contributed by atoms with E-state index in [1.54, 1.807) is 0 Å². The summed E-state index contributed by atoms with van der Waals surface area (Å²) in [5.74, 6) is -1.19. The van der Waals surface area contributed by atoms with Crippen molar-refractivity contribution in [1.29, 1.82) is 0 Å². The van der Waals surface area contributed by atoms with Gasteiger partial charge in [-0.25, -0.2) is 4.63 Å². The molecule has 1 aromatic rings. The number of nitrogens with zero attached hydrogens (tertiary/aromatic N) is 3. The molecule has 1 rings (SSSR count). The maximum absolute atomic E-state index is 11.9. The van der Waals surface area contributed by atoms with Crippen LogP contribution in [-0.4, -0.2) is 40.1 Å². The molecule has 8 heteroatoms. The number of hydrogen-bond donors (Lipinski definition) is 2. The smallest absolute Gasteiger partial charge is 0.280 e. The zero-order valence-corrected chi connectivity index (χ0v) is 9.55. The normalized spacial score (nSPS) is 10.2. The summed E-state index contributed by atoms with van der Waals surface area (Å²) in [5.41, 5.74) is 10.4. The highest BCUT2D eigenvalue weighted by atomic mass is 16.6. The van der Waals surface area contributed by atoms with Crippen molar-refractivity contribution in [3.63, 3.8) is 0 Å². The van der Waals surface area contributed by atoms with Crippen molar-refractivity contribution in [2.45, 2.75) is 19.8 Å². The third-order valence-corrected chi connectivity index (χ3v) is 2.13. The first-order valence-corrected chi connectivity index (χ1v) is 5.21. The molecule has 0 fully saturated rings. The van der Waals surface area contributed by atoms with Crippen LogP contribution in [0.1, 0.15) is 30.3 Å². The Bertz CT molecular complexity index is 403. The van der Waals surface area contributed by atoms with Gasteiger partial charge in [-0.2, -0.15) is 0 Å². The molecule has 1 aromatic heterocycles. The monoisotopic (exact) mass is 241 g/mol. The molecule has 0 bridgehead atoms. The number of aromatic nitrogens is 2. The van der Waals surface area contributed by atoms with Gasteiger partial charge in [0.2, 0.25) is 17.4 Å². The Hall–Kier alpha value is -2.12. The lowest BCUT2D eigenvalue weighted by Crippen LogP contribution is -2.39. The van der Waals surface area contributed by atoms with Crippen LogP contribution in [0, 0.1) is 0 Å². The van der Waals surface area contributed by atoms with Crippen LogP contribution in [0.2, 0.25) is 0 Å². The van der Waals surface area contributed by atoms with Gasteiger partial charge in [0, 0.05) is 6.54 Å². The molecule has 1 heterocycles. The predicted molar refractivity (Wildman–Crippen MR) is 58.7 cm³/mol. The summed E-state index contributed by atoms with van der Waals surface area (Å²) in [6.07, 6.45) is 1.64. The van der Waals surface area contributed by atoms with E-state index in [-0.39, 0.29) is 18.1 Å². The fourth-order valence-electron chi connectivity index (χ4n) is 1.28.